The van der Waals surface area contributed by atoms with E-state index in [-0.39, 0.29) is 12.0 Å². The Morgan fingerprint density at radius 3 is 2.48 bits per heavy atom. The van der Waals surface area contributed by atoms with Crippen LogP contribution in [0.3, 0.4) is 0 Å². The summed E-state index contributed by atoms with van der Waals surface area (Å²) >= 11 is 25.2. The van der Waals surface area contributed by atoms with Gasteiger partial charge in [0.1, 0.15) is 0 Å². The van der Waals surface area contributed by atoms with E-state index in [0.29, 0.717) is 57.7 Å². The standard InChI is InChI=1S/C23H25Cl4NO3/c1-2-3-8-31-22-20(26)10-16(11-21(22)27)23(29)28(14-18-5-4-9-30-18)13-15-6-7-17(24)12-19(15)25/h6-7,10-12,18H,2-5,8-9,13-14H2,1H3/t18-/m1/s1. The quantitative estimate of drug-likeness (QED) is 0.336. The van der Waals surface area contributed by atoms with E-state index in [0.717, 1.165) is 31.2 Å². The summed E-state index contributed by atoms with van der Waals surface area (Å²) < 4.78 is 11.5. The summed E-state index contributed by atoms with van der Waals surface area (Å²) in [5, 5.41) is 1.68. The summed E-state index contributed by atoms with van der Waals surface area (Å²) in [5.74, 6) is 0.199. The van der Waals surface area contributed by atoms with Crippen molar-refractivity contribution in [3.8, 4) is 5.75 Å². The predicted molar refractivity (Wildman–Crippen MR) is 127 cm³/mol. The average Bonchev–Trinajstić information content (AvgIpc) is 3.24. The van der Waals surface area contributed by atoms with Gasteiger partial charge >= 0.3 is 0 Å². The van der Waals surface area contributed by atoms with E-state index < -0.39 is 0 Å². The number of hydrogen-bond donors (Lipinski definition) is 0. The number of nitrogens with zero attached hydrogens (tertiary/aromatic N) is 1. The molecule has 0 unspecified atom stereocenters. The van der Waals surface area contributed by atoms with Gasteiger partial charge in [-0.15, -0.1) is 0 Å². The van der Waals surface area contributed by atoms with Gasteiger partial charge in [-0.25, -0.2) is 0 Å². The number of ether oxygens (including phenoxy) is 2. The van der Waals surface area contributed by atoms with Crippen LogP contribution >= 0.6 is 46.4 Å². The summed E-state index contributed by atoms with van der Waals surface area (Å²) in [4.78, 5) is 15.1. The van der Waals surface area contributed by atoms with Gasteiger partial charge in [0.25, 0.3) is 5.91 Å². The summed E-state index contributed by atoms with van der Waals surface area (Å²) in [5.41, 5.74) is 1.19. The predicted octanol–water partition coefficient (Wildman–Crippen LogP) is 7.30. The number of hydrogen-bond acceptors (Lipinski definition) is 3. The number of rotatable bonds is 9. The second-order valence-electron chi connectivity index (χ2n) is 7.53. The molecule has 1 fully saturated rings. The molecule has 0 N–H and O–H groups in total. The third-order valence-corrected chi connectivity index (χ3v) is 6.25. The molecule has 2 aromatic rings. The van der Waals surface area contributed by atoms with Crippen molar-refractivity contribution < 1.29 is 14.3 Å². The Labute approximate surface area is 203 Å². The fourth-order valence-corrected chi connectivity index (χ4v) is 4.50. The normalized spacial score (nSPS) is 15.8. The first kappa shape index (κ1) is 24.5. The molecule has 4 nitrogen and oxygen atoms in total. The lowest BCUT2D eigenvalue weighted by Crippen LogP contribution is -2.37. The minimum Gasteiger partial charge on any atom is -0.490 e. The molecule has 1 atom stereocenters. The second kappa shape index (κ2) is 11.6. The van der Waals surface area contributed by atoms with Crippen molar-refractivity contribution >= 4 is 52.3 Å². The molecule has 1 saturated heterocycles. The second-order valence-corrected chi connectivity index (χ2v) is 9.19. The number of unbranched alkanes of at least 4 members (excludes halogenated alkanes) is 1. The average molecular weight is 505 g/mol. The number of carbonyl (C=O) groups excluding carboxylic acids is 1. The number of amides is 1. The molecule has 2 aromatic carbocycles. The van der Waals surface area contributed by atoms with E-state index in [1.807, 2.05) is 6.07 Å². The van der Waals surface area contributed by atoms with Crippen molar-refractivity contribution in [3.63, 3.8) is 0 Å². The number of carbonyl (C=O) groups is 1. The smallest absolute Gasteiger partial charge is 0.254 e. The first-order chi connectivity index (χ1) is 14.9. The molecule has 3 rings (SSSR count). The first-order valence-corrected chi connectivity index (χ1v) is 11.9. The van der Waals surface area contributed by atoms with E-state index >= 15 is 0 Å². The Balaban J connectivity index is 1.84. The first-order valence-electron chi connectivity index (χ1n) is 10.4. The van der Waals surface area contributed by atoms with Crippen LogP contribution in [0.25, 0.3) is 0 Å². The fraction of sp³-hybridized carbons (Fsp3) is 0.435. The molecule has 8 heteroatoms. The van der Waals surface area contributed by atoms with Crippen molar-refractivity contribution in [2.24, 2.45) is 0 Å². The summed E-state index contributed by atoms with van der Waals surface area (Å²) in [6.45, 7) is 4.06. The number of halogens is 4. The Bertz CT molecular complexity index is 893. The lowest BCUT2D eigenvalue weighted by Gasteiger charge is -2.26. The molecule has 1 heterocycles. The van der Waals surface area contributed by atoms with Gasteiger partial charge < -0.3 is 14.4 Å². The van der Waals surface area contributed by atoms with Crippen molar-refractivity contribution in [3.05, 3.63) is 61.5 Å². The largest absolute Gasteiger partial charge is 0.490 e. The molecule has 168 valence electrons. The highest BCUT2D eigenvalue weighted by atomic mass is 35.5. The van der Waals surface area contributed by atoms with Crippen LogP contribution in [-0.2, 0) is 11.3 Å². The molecular formula is C23H25Cl4NO3. The fourth-order valence-electron chi connectivity index (χ4n) is 3.43. The van der Waals surface area contributed by atoms with Gasteiger partial charge in [0.15, 0.2) is 5.75 Å². The highest BCUT2D eigenvalue weighted by molar-refractivity contribution is 6.37. The van der Waals surface area contributed by atoms with Crippen LogP contribution in [0, 0.1) is 0 Å². The minimum atomic E-state index is -0.203. The van der Waals surface area contributed by atoms with E-state index in [2.05, 4.69) is 6.92 Å². The van der Waals surface area contributed by atoms with Crippen molar-refractivity contribution in [2.45, 2.75) is 45.3 Å². The van der Waals surface area contributed by atoms with Gasteiger partial charge in [-0.3, -0.25) is 4.79 Å². The van der Waals surface area contributed by atoms with Crippen LogP contribution < -0.4 is 4.74 Å². The van der Waals surface area contributed by atoms with Crippen LogP contribution in [0.2, 0.25) is 20.1 Å². The summed E-state index contributed by atoms with van der Waals surface area (Å²) in [6.07, 6.45) is 3.76. The minimum absolute atomic E-state index is 0.0161. The van der Waals surface area contributed by atoms with E-state index in [1.54, 1.807) is 29.2 Å². The van der Waals surface area contributed by atoms with E-state index in [9.17, 15) is 4.79 Å². The van der Waals surface area contributed by atoms with Crippen LogP contribution in [0.4, 0.5) is 0 Å². The van der Waals surface area contributed by atoms with Crippen molar-refractivity contribution in [1.82, 2.24) is 4.90 Å². The molecule has 0 saturated carbocycles. The third kappa shape index (κ3) is 6.66. The van der Waals surface area contributed by atoms with Crippen LogP contribution in [0.1, 0.15) is 48.5 Å². The zero-order chi connectivity index (χ0) is 22.4. The molecule has 0 spiro atoms. The Morgan fingerprint density at radius 1 is 1.13 bits per heavy atom. The van der Waals surface area contributed by atoms with Gasteiger partial charge in [0, 0.05) is 35.3 Å². The lowest BCUT2D eigenvalue weighted by molar-refractivity contribution is 0.0507. The molecule has 1 amide bonds. The molecule has 0 bridgehead atoms. The molecule has 1 aliphatic heterocycles. The van der Waals surface area contributed by atoms with Crippen LogP contribution in [-0.4, -0.2) is 36.7 Å². The van der Waals surface area contributed by atoms with Crippen LogP contribution in [0.15, 0.2) is 30.3 Å². The van der Waals surface area contributed by atoms with Gasteiger partial charge in [-0.2, -0.15) is 0 Å². The monoisotopic (exact) mass is 503 g/mol. The molecule has 0 radical (unpaired) electrons. The highest BCUT2D eigenvalue weighted by Crippen LogP contribution is 2.35. The zero-order valence-corrected chi connectivity index (χ0v) is 20.3. The van der Waals surface area contributed by atoms with Gasteiger partial charge in [0.2, 0.25) is 0 Å². The molecule has 0 aliphatic carbocycles. The molecule has 31 heavy (non-hydrogen) atoms. The lowest BCUT2D eigenvalue weighted by atomic mass is 10.1. The Hall–Kier alpha value is -1.17. The maximum Gasteiger partial charge on any atom is 0.254 e. The maximum absolute atomic E-state index is 13.4. The van der Waals surface area contributed by atoms with Gasteiger partial charge in [-0.05, 0) is 49.1 Å². The SMILES string of the molecule is CCCCOc1c(Cl)cc(C(=O)N(Cc2ccc(Cl)cc2Cl)C[C@H]2CCCO2)cc1Cl. The van der Waals surface area contributed by atoms with E-state index in [1.165, 1.54) is 0 Å². The summed E-state index contributed by atoms with van der Waals surface area (Å²) in [6, 6.07) is 8.45. The van der Waals surface area contributed by atoms with Gasteiger partial charge in [0.05, 0.1) is 22.8 Å². The van der Waals surface area contributed by atoms with Crippen LogP contribution in [0.5, 0.6) is 5.75 Å². The van der Waals surface area contributed by atoms with Crippen molar-refractivity contribution in [1.29, 1.82) is 0 Å². The van der Waals surface area contributed by atoms with E-state index in [4.69, 9.17) is 55.9 Å². The van der Waals surface area contributed by atoms with Gasteiger partial charge in [-0.1, -0.05) is 65.8 Å². The molecular weight excluding hydrogens is 480 g/mol. The molecule has 1 aliphatic rings. The zero-order valence-electron chi connectivity index (χ0n) is 17.3. The Kier molecular flexibility index (Phi) is 9.18. The summed E-state index contributed by atoms with van der Waals surface area (Å²) in [7, 11) is 0. The highest BCUT2D eigenvalue weighted by Gasteiger charge is 2.25. The third-order valence-electron chi connectivity index (χ3n) is 5.10. The number of benzene rings is 2. The Morgan fingerprint density at radius 2 is 1.87 bits per heavy atom. The maximum atomic E-state index is 13.4. The topological polar surface area (TPSA) is 38.8 Å². The van der Waals surface area contributed by atoms with Crippen molar-refractivity contribution in [2.75, 3.05) is 19.8 Å². The molecule has 0 aromatic heterocycles.